The lowest BCUT2D eigenvalue weighted by Crippen LogP contribution is -2.23. The Labute approximate surface area is 166 Å². The monoisotopic (exact) mass is 393 g/mol. The molecule has 0 aliphatic carbocycles. The van der Waals surface area contributed by atoms with Gasteiger partial charge in [-0.05, 0) is 62.6 Å². The van der Waals surface area contributed by atoms with Crippen LogP contribution in [-0.2, 0) is 0 Å². The number of aromatic nitrogens is 3. The predicted molar refractivity (Wildman–Crippen MR) is 110 cm³/mol. The van der Waals surface area contributed by atoms with Crippen LogP contribution in [0.1, 0.15) is 22.3 Å². The van der Waals surface area contributed by atoms with Crippen molar-refractivity contribution in [2.24, 2.45) is 0 Å². The van der Waals surface area contributed by atoms with Crippen LogP contribution in [-0.4, -0.2) is 14.6 Å². The summed E-state index contributed by atoms with van der Waals surface area (Å²) in [4.78, 5) is 21.1. The molecule has 0 bridgehead atoms. The highest BCUT2D eigenvalue weighted by Crippen LogP contribution is 2.23. The molecule has 0 atom stereocenters. The van der Waals surface area contributed by atoms with Gasteiger partial charge in [0.25, 0.3) is 0 Å². The normalized spacial score (nSPS) is 11.1. The van der Waals surface area contributed by atoms with E-state index in [0.29, 0.717) is 39.7 Å². The fraction of sp³-hybridized carbons (Fsp3) is 0.190. The molecule has 8 heteroatoms. The number of anilines is 3. The second-order valence-electron chi connectivity index (χ2n) is 7.01. The van der Waals surface area contributed by atoms with Crippen LogP contribution < -0.4 is 16.5 Å². The molecule has 0 saturated heterocycles. The quantitative estimate of drug-likeness (QED) is 0.535. The lowest BCUT2D eigenvalue weighted by molar-refractivity contribution is 0.531. The number of nitrogens with one attached hydrogen (secondary N) is 2. The number of para-hydroxylation sites is 1. The molecule has 0 aliphatic heterocycles. The van der Waals surface area contributed by atoms with Gasteiger partial charge in [0.2, 0.25) is 5.95 Å². The smallest absolute Gasteiger partial charge is 0.406 e. The molecule has 0 aliphatic rings. The second kappa shape index (κ2) is 7.05. The van der Waals surface area contributed by atoms with Gasteiger partial charge >= 0.3 is 5.76 Å². The SMILES string of the molecule is Cc1cnc(Nc2cc(C)c(F)c(C)c2)nc1Nn1c(=O)oc2c(C)cccc21. The fourth-order valence-corrected chi connectivity index (χ4v) is 3.15. The van der Waals surface area contributed by atoms with Crippen molar-refractivity contribution in [2.45, 2.75) is 27.7 Å². The van der Waals surface area contributed by atoms with E-state index in [1.165, 1.54) is 4.68 Å². The van der Waals surface area contributed by atoms with Crippen LogP contribution in [0.25, 0.3) is 11.1 Å². The molecule has 0 fully saturated rings. The first-order valence-electron chi connectivity index (χ1n) is 9.09. The van der Waals surface area contributed by atoms with Gasteiger partial charge in [0.15, 0.2) is 11.4 Å². The maximum atomic E-state index is 13.9. The Morgan fingerprint density at radius 1 is 1.03 bits per heavy atom. The fourth-order valence-electron chi connectivity index (χ4n) is 3.15. The van der Waals surface area contributed by atoms with Crippen molar-refractivity contribution in [3.05, 3.63) is 75.2 Å². The summed E-state index contributed by atoms with van der Waals surface area (Å²) in [5.41, 5.74) is 7.50. The molecule has 0 saturated carbocycles. The van der Waals surface area contributed by atoms with Gasteiger partial charge in [-0.25, -0.2) is 14.2 Å². The van der Waals surface area contributed by atoms with Crippen molar-refractivity contribution in [1.82, 2.24) is 14.6 Å². The van der Waals surface area contributed by atoms with E-state index in [-0.39, 0.29) is 5.82 Å². The zero-order chi connectivity index (χ0) is 20.7. The minimum absolute atomic E-state index is 0.232. The van der Waals surface area contributed by atoms with Crippen molar-refractivity contribution >= 4 is 28.6 Å². The number of nitrogens with zero attached hydrogens (tertiary/aromatic N) is 3. The highest BCUT2D eigenvalue weighted by atomic mass is 19.1. The van der Waals surface area contributed by atoms with Crippen LogP contribution in [0.15, 0.2) is 45.7 Å². The van der Waals surface area contributed by atoms with E-state index in [9.17, 15) is 9.18 Å². The Hall–Kier alpha value is -3.68. The third-order valence-electron chi connectivity index (χ3n) is 4.69. The van der Waals surface area contributed by atoms with Gasteiger partial charge < -0.3 is 9.73 Å². The topological polar surface area (TPSA) is 85.0 Å². The van der Waals surface area contributed by atoms with Crippen LogP contribution in [0.5, 0.6) is 0 Å². The molecule has 0 radical (unpaired) electrons. The molecule has 2 aromatic heterocycles. The number of oxazole rings is 1. The molecule has 2 heterocycles. The van der Waals surface area contributed by atoms with E-state index in [1.54, 1.807) is 38.2 Å². The number of benzene rings is 2. The average Bonchev–Trinajstić information content (AvgIpc) is 2.99. The minimum Gasteiger partial charge on any atom is -0.406 e. The van der Waals surface area contributed by atoms with Gasteiger partial charge in [0, 0.05) is 17.4 Å². The summed E-state index contributed by atoms with van der Waals surface area (Å²) in [7, 11) is 0. The Balaban J connectivity index is 1.69. The van der Waals surface area contributed by atoms with Crippen molar-refractivity contribution < 1.29 is 8.81 Å². The van der Waals surface area contributed by atoms with Gasteiger partial charge in [0.1, 0.15) is 11.3 Å². The number of hydrogen-bond acceptors (Lipinski definition) is 6. The zero-order valence-electron chi connectivity index (χ0n) is 16.5. The largest absolute Gasteiger partial charge is 0.439 e. The summed E-state index contributed by atoms with van der Waals surface area (Å²) < 4.78 is 20.5. The standard InChI is InChI=1S/C21H20FN5O2/c1-11-6-5-7-16-18(11)29-21(28)27(16)26-19-14(4)10-23-20(25-19)24-15-8-12(2)17(22)13(3)9-15/h5-10H,1-4H3,(H2,23,24,25,26). The van der Waals surface area contributed by atoms with E-state index in [4.69, 9.17) is 4.42 Å². The van der Waals surface area contributed by atoms with E-state index < -0.39 is 5.76 Å². The number of hydrogen-bond donors (Lipinski definition) is 2. The molecule has 0 unspecified atom stereocenters. The molecule has 2 aromatic carbocycles. The Morgan fingerprint density at radius 3 is 2.48 bits per heavy atom. The Bertz CT molecular complexity index is 1270. The van der Waals surface area contributed by atoms with Gasteiger partial charge in [0.05, 0.1) is 0 Å². The average molecular weight is 393 g/mol. The van der Waals surface area contributed by atoms with Crippen LogP contribution in [0.2, 0.25) is 0 Å². The lowest BCUT2D eigenvalue weighted by Gasteiger charge is -2.12. The minimum atomic E-state index is -0.536. The molecule has 29 heavy (non-hydrogen) atoms. The summed E-state index contributed by atoms with van der Waals surface area (Å²) in [6.45, 7) is 7.11. The summed E-state index contributed by atoms with van der Waals surface area (Å²) >= 11 is 0. The molecule has 148 valence electrons. The maximum absolute atomic E-state index is 13.9. The third kappa shape index (κ3) is 3.44. The molecule has 7 nitrogen and oxygen atoms in total. The van der Waals surface area contributed by atoms with Crippen molar-refractivity contribution in [3.8, 4) is 0 Å². The highest BCUT2D eigenvalue weighted by Gasteiger charge is 2.13. The van der Waals surface area contributed by atoms with Crippen molar-refractivity contribution in [2.75, 3.05) is 10.7 Å². The van der Waals surface area contributed by atoms with Crippen LogP contribution in [0.3, 0.4) is 0 Å². The summed E-state index contributed by atoms with van der Waals surface area (Å²) in [5.74, 6) is 0.000685. The van der Waals surface area contributed by atoms with Crippen molar-refractivity contribution in [3.63, 3.8) is 0 Å². The first-order chi connectivity index (χ1) is 13.8. The Kier molecular flexibility index (Phi) is 4.54. The second-order valence-corrected chi connectivity index (χ2v) is 7.01. The summed E-state index contributed by atoms with van der Waals surface area (Å²) in [6, 6.07) is 8.90. The van der Waals surface area contributed by atoms with Gasteiger partial charge in [-0.3, -0.25) is 5.43 Å². The molecule has 4 aromatic rings. The van der Waals surface area contributed by atoms with Gasteiger partial charge in [-0.1, -0.05) is 12.1 Å². The molecular weight excluding hydrogens is 373 g/mol. The molecule has 2 N–H and O–H groups in total. The van der Waals surface area contributed by atoms with Crippen molar-refractivity contribution in [1.29, 1.82) is 0 Å². The van der Waals surface area contributed by atoms with E-state index in [2.05, 4.69) is 20.7 Å². The zero-order valence-corrected chi connectivity index (χ0v) is 16.5. The van der Waals surface area contributed by atoms with Gasteiger partial charge in [-0.15, -0.1) is 0 Å². The lowest BCUT2D eigenvalue weighted by atomic mass is 10.1. The van der Waals surface area contributed by atoms with E-state index >= 15 is 0 Å². The third-order valence-corrected chi connectivity index (χ3v) is 4.69. The summed E-state index contributed by atoms with van der Waals surface area (Å²) in [6.07, 6.45) is 1.64. The molecule has 0 amide bonds. The number of rotatable bonds is 4. The first kappa shape index (κ1) is 18.7. The highest BCUT2D eigenvalue weighted by molar-refractivity contribution is 5.77. The van der Waals surface area contributed by atoms with Crippen LogP contribution >= 0.6 is 0 Å². The van der Waals surface area contributed by atoms with E-state index in [0.717, 1.165) is 11.1 Å². The Morgan fingerprint density at radius 2 is 1.76 bits per heavy atom. The van der Waals surface area contributed by atoms with Crippen LogP contribution in [0, 0.1) is 33.5 Å². The predicted octanol–water partition coefficient (Wildman–Crippen LogP) is 4.38. The number of fused-ring (bicyclic) bond motifs is 1. The molecular formula is C21H20FN5O2. The number of aryl methyl sites for hydroxylation is 4. The number of halogens is 1. The molecule has 4 rings (SSSR count). The first-order valence-corrected chi connectivity index (χ1v) is 9.09. The van der Waals surface area contributed by atoms with E-state index in [1.807, 2.05) is 26.0 Å². The van der Waals surface area contributed by atoms with Gasteiger partial charge in [-0.2, -0.15) is 9.66 Å². The van der Waals surface area contributed by atoms with Crippen LogP contribution in [0.4, 0.5) is 21.8 Å². The maximum Gasteiger partial charge on any atom is 0.439 e. The summed E-state index contributed by atoms with van der Waals surface area (Å²) in [5, 5.41) is 3.08. The molecule has 0 spiro atoms.